The Morgan fingerprint density at radius 3 is 3.00 bits per heavy atom. The van der Waals surface area contributed by atoms with Crippen LogP contribution < -0.4 is 10.5 Å². The Balaban J connectivity index is 2.92. The molecule has 0 spiro atoms. The standard InChI is InChI=1S/C11H16N4O/c1-3-7-15-9-6-13-10(11(15)16)14(2)8-4-5-12/h6,9H,3-4,7-8H2,1-2H3. The fourth-order valence-electron chi connectivity index (χ4n) is 1.44. The summed E-state index contributed by atoms with van der Waals surface area (Å²) in [5, 5.41) is 8.49. The molecule has 5 heteroatoms. The summed E-state index contributed by atoms with van der Waals surface area (Å²) in [5.74, 6) is 0.409. The highest BCUT2D eigenvalue weighted by Gasteiger charge is 2.08. The maximum atomic E-state index is 11.9. The van der Waals surface area contributed by atoms with Crippen molar-refractivity contribution in [2.24, 2.45) is 0 Å². The molecule has 0 fully saturated rings. The topological polar surface area (TPSA) is 61.9 Å². The number of hydrogen-bond acceptors (Lipinski definition) is 4. The summed E-state index contributed by atoms with van der Waals surface area (Å²) in [7, 11) is 1.78. The molecular weight excluding hydrogens is 204 g/mol. The second kappa shape index (κ2) is 5.91. The number of aromatic nitrogens is 2. The van der Waals surface area contributed by atoms with E-state index in [4.69, 9.17) is 5.26 Å². The van der Waals surface area contributed by atoms with Gasteiger partial charge in [0.05, 0.1) is 12.5 Å². The smallest absolute Gasteiger partial charge is 0.293 e. The molecule has 16 heavy (non-hydrogen) atoms. The van der Waals surface area contributed by atoms with Gasteiger partial charge in [0.1, 0.15) is 0 Å². The molecule has 86 valence electrons. The highest BCUT2D eigenvalue weighted by atomic mass is 16.1. The summed E-state index contributed by atoms with van der Waals surface area (Å²) >= 11 is 0. The van der Waals surface area contributed by atoms with Crippen LogP contribution in [0.5, 0.6) is 0 Å². The van der Waals surface area contributed by atoms with Crippen LogP contribution in [0.25, 0.3) is 0 Å². The van der Waals surface area contributed by atoms with Crippen molar-refractivity contribution in [3.8, 4) is 6.07 Å². The molecule has 1 aromatic heterocycles. The molecule has 0 unspecified atom stereocenters. The van der Waals surface area contributed by atoms with Gasteiger partial charge >= 0.3 is 0 Å². The molecule has 0 amide bonds. The van der Waals surface area contributed by atoms with Crippen molar-refractivity contribution < 1.29 is 0 Å². The van der Waals surface area contributed by atoms with Crippen LogP contribution in [0.3, 0.4) is 0 Å². The summed E-state index contributed by atoms with van der Waals surface area (Å²) in [6.07, 6.45) is 4.61. The molecule has 0 atom stereocenters. The molecule has 0 aliphatic heterocycles. The average molecular weight is 220 g/mol. The summed E-state index contributed by atoms with van der Waals surface area (Å²) in [4.78, 5) is 17.7. The SMILES string of the molecule is CCCn1ccnc(N(C)CCC#N)c1=O. The van der Waals surface area contributed by atoms with Crippen molar-refractivity contribution in [3.63, 3.8) is 0 Å². The molecular formula is C11H16N4O. The highest BCUT2D eigenvalue weighted by molar-refractivity contribution is 5.34. The summed E-state index contributed by atoms with van der Waals surface area (Å²) in [6, 6.07) is 2.05. The fourth-order valence-corrected chi connectivity index (χ4v) is 1.44. The second-order valence-corrected chi connectivity index (χ2v) is 3.58. The van der Waals surface area contributed by atoms with E-state index in [1.807, 2.05) is 13.0 Å². The van der Waals surface area contributed by atoms with Crippen LogP contribution in [0.2, 0.25) is 0 Å². The van der Waals surface area contributed by atoms with Crippen molar-refractivity contribution in [2.45, 2.75) is 26.3 Å². The third kappa shape index (κ3) is 2.83. The first kappa shape index (κ1) is 12.2. The minimum atomic E-state index is -0.0928. The van der Waals surface area contributed by atoms with E-state index in [2.05, 4.69) is 4.98 Å². The Hall–Kier alpha value is -1.83. The maximum Gasteiger partial charge on any atom is 0.293 e. The molecule has 0 radical (unpaired) electrons. The van der Waals surface area contributed by atoms with E-state index in [-0.39, 0.29) is 5.56 Å². The molecule has 0 saturated heterocycles. The molecule has 0 bridgehead atoms. The predicted octanol–water partition coefficient (Wildman–Crippen LogP) is 1.00. The lowest BCUT2D eigenvalue weighted by atomic mass is 10.4. The van der Waals surface area contributed by atoms with Crippen LogP contribution in [-0.2, 0) is 6.54 Å². The van der Waals surface area contributed by atoms with Crippen LogP contribution in [0.4, 0.5) is 5.82 Å². The zero-order chi connectivity index (χ0) is 12.0. The van der Waals surface area contributed by atoms with Gasteiger partial charge in [-0.05, 0) is 6.42 Å². The van der Waals surface area contributed by atoms with Gasteiger partial charge in [0.2, 0.25) is 0 Å². The van der Waals surface area contributed by atoms with Gasteiger partial charge in [0.15, 0.2) is 5.82 Å². The van der Waals surface area contributed by atoms with Gasteiger partial charge in [-0.1, -0.05) is 6.92 Å². The molecule has 0 aromatic carbocycles. The van der Waals surface area contributed by atoms with Gasteiger partial charge in [-0.3, -0.25) is 4.79 Å². The summed E-state index contributed by atoms with van der Waals surface area (Å²) < 4.78 is 1.64. The summed E-state index contributed by atoms with van der Waals surface area (Å²) in [5.41, 5.74) is -0.0928. The Bertz CT molecular complexity index is 432. The van der Waals surface area contributed by atoms with Gasteiger partial charge in [-0.15, -0.1) is 0 Å². The van der Waals surface area contributed by atoms with Crippen LogP contribution in [0.1, 0.15) is 19.8 Å². The largest absolute Gasteiger partial charge is 0.354 e. The monoisotopic (exact) mass is 220 g/mol. The number of nitriles is 1. The summed E-state index contributed by atoms with van der Waals surface area (Å²) in [6.45, 7) is 3.24. The van der Waals surface area contributed by atoms with E-state index in [1.165, 1.54) is 0 Å². The Labute approximate surface area is 94.9 Å². The van der Waals surface area contributed by atoms with Gasteiger partial charge in [-0.2, -0.15) is 5.26 Å². The molecule has 5 nitrogen and oxygen atoms in total. The zero-order valence-corrected chi connectivity index (χ0v) is 9.68. The second-order valence-electron chi connectivity index (χ2n) is 3.58. The van der Waals surface area contributed by atoms with E-state index in [1.54, 1.807) is 28.9 Å². The number of hydrogen-bond donors (Lipinski definition) is 0. The minimum absolute atomic E-state index is 0.0928. The van der Waals surface area contributed by atoms with E-state index in [9.17, 15) is 4.79 Å². The first-order chi connectivity index (χ1) is 7.70. The van der Waals surface area contributed by atoms with E-state index in [0.717, 1.165) is 6.42 Å². The zero-order valence-electron chi connectivity index (χ0n) is 9.68. The lowest BCUT2D eigenvalue weighted by Crippen LogP contribution is -2.31. The lowest BCUT2D eigenvalue weighted by molar-refractivity contribution is 0.644. The van der Waals surface area contributed by atoms with Crippen LogP contribution >= 0.6 is 0 Å². The van der Waals surface area contributed by atoms with Gasteiger partial charge in [0, 0.05) is 32.5 Å². The molecule has 0 aliphatic carbocycles. The molecule has 0 aliphatic rings. The van der Waals surface area contributed by atoms with Gasteiger partial charge in [0.25, 0.3) is 5.56 Å². The van der Waals surface area contributed by atoms with Crippen LogP contribution in [-0.4, -0.2) is 23.1 Å². The normalized spacial score (nSPS) is 9.81. The van der Waals surface area contributed by atoms with E-state index < -0.39 is 0 Å². The average Bonchev–Trinajstić information content (AvgIpc) is 2.29. The van der Waals surface area contributed by atoms with Crippen molar-refractivity contribution in [1.82, 2.24) is 9.55 Å². The number of rotatable bonds is 5. The Morgan fingerprint density at radius 1 is 1.62 bits per heavy atom. The van der Waals surface area contributed by atoms with Gasteiger partial charge < -0.3 is 9.47 Å². The first-order valence-electron chi connectivity index (χ1n) is 5.34. The van der Waals surface area contributed by atoms with E-state index >= 15 is 0 Å². The molecule has 0 saturated carbocycles. The van der Waals surface area contributed by atoms with Crippen molar-refractivity contribution >= 4 is 5.82 Å². The Kier molecular flexibility index (Phi) is 4.52. The van der Waals surface area contributed by atoms with Crippen molar-refractivity contribution in [2.75, 3.05) is 18.5 Å². The Morgan fingerprint density at radius 2 is 2.38 bits per heavy atom. The third-order valence-corrected chi connectivity index (χ3v) is 2.28. The molecule has 1 aromatic rings. The predicted molar refractivity (Wildman–Crippen MR) is 62.3 cm³/mol. The maximum absolute atomic E-state index is 11.9. The molecule has 0 N–H and O–H groups in total. The van der Waals surface area contributed by atoms with Crippen molar-refractivity contribution in [1.29, 1.82) is 5.26 Å². The fraction of sp³-hybridized carbons (Fsp3) is 0.545. The van der Waals surface area contributed by atoms with Crippen LogP contribution in [0, 0.1) is 11.3 Å². The minimum Gasteiger partial charge on any atom is -0.354 e. The third-order valence-electron chi connectivity index (χ3n) is 2.28. The lowest BCUT2D eigenvalue weighted by Gasteiger charge is -2.16. The number of aryl methyl sites for hydroxylation is 1. The number of anilines is 1. The van der Waals surface area contributed by atoms with Gasteiger partial charge in [-0.25, -0.2) is 4.98 Å². The molecule has 1 rings (SSSR count). The number of nitrogens with zero attached hydrogens (tertiary/aromatic N) is 4. The van der Waals surface area contributed by atoms with Crippen LogP contribution in [0.15, 0.2) is 17.2 Å². The molecule has 1 heterocycles. The highest BCUT2D eigenvalue weighted by Crippen LogP contribution is 2.01. The quantitative estimate of drug-likeness (QED) is 0.742. The first-order valence-corrected chi connectivity index (χ1v) is 5.34. The van der Waals surface area contributed by atoms with E-state index in [0.29, 0.717) is 25.3 Å². The van der Waals surface area contributed by atoms with Crippen molar-refractivity contribution in [3.05, 3.63) is 22.7 Å².